The van der Waals surface area contributed by atoms with Gasteiger partial charge in [-0.3, -0.25) is 4.79 Å². The van der Waals surface area contributed by atoms with Crippen molar-refractivity contribution >= 4 is 11.9 Å². The Hall–Kier alpha value is -2.67. The van der Waals surface area contributed by atoms with E-state index in [0.29, 0.717) is 18.2 Å². The van der Waals surface area contributed by atoms with Crippen molar-refractivity contribution in [3.63, 3.8) is 0 Å². The van der Waals surface area contributed by atoms with Gasteiger partial charge in [-0.05, 0) is 36.7 Å². The molecule has 0 radical (unpaired) electrons. The lowest BCUT2D eigenvalue weighted by atomic mass is 10.1. The lowest BCUT2D eigenvalue weighted by molar-refractivity contribution is 0.0637. The van der Waals surface area contributed by atoms with Crippen LogP contribution in [-0.2, 0) is 6.42 Å². The molecule has 0 bridgehead atoms. The number of carbonyl (C=O) groups is 1. The second kappa shape index (κ2) is 9.32. The van der Waals surface area contributed by atoms with Crippen LogP contribution in [0.25, 0.3) is 0 Å². The zero-order valence-corrected chi connectivity index (χ0v) is 16.0. The fourth-order valence-corrected chi connectivity index (χ4v) is 3.10. The number of carbonyl (C=O) groups excluding carboxylic acids is 1. The summed E-state index contributed by atoms with van der Waals surface area (Å²) < 4.78 is 5.17. The minimum absolute atomic E-state index is 0.0219. The fourth-order valence-electron chi connectivity index (χ4n) is 3.10. The number of amides is 1. The van der Waals surface area contributed by atoms with Gasteiger partial charge in [-0.1, -0.05) is 19.1 Å². The van der Waals surface area contributed by atoms with E-state index in [-0.39, 0.29) is 5.91 Å². The molecule has 1 saturated heterocycles. The standard InChI is InChI=1S/C20H27N5O2/c1-3-24-12-14-25(15-13-24)19(26)18-9-11-22-20(23-18)21-10-8-16-4-6-17(27-2)7-5-16/h4-7,9,11H,3,8,10,12-15H2,1-2H3,(H,21,22,23). The maximum atomic E-state index is 12.7. The highest BCUT2D eigenvalue weighted by molar-refractivity contribution is 5.92. The fraction of sp³-hybridized carbons (Fsp3) is 0.450. The first-order valence-corrected chi connectivity index (χ1v) is 9.41. The molecule has 2 aromatic rings. The molecule has 0 atom stereocenters. The Bertz CT molecular complexity index is 742. The van der Waals surface area contributed by atoms with Crippen molar-refractivity contribution in [1.29, 1.82) is 0 Å². The van der Waals surface area contributed by atoms with Gasteiger partial charge in [-0.2, -0.15) is 0 Å². The molecule has 1 N–H and O–H groups in total. The van der Waals surface area contributed by atoms with Gasteiger partial charge in [-0.25, -0.2) is 9.97 Å². The highest BCUT2D eigenvalue weighted by Crippen LogP contribution is 2.12. The summed E-state index contributed by atoms with van der Waals surface area (Å²) in [5.41, 5.74) is 1.64. The van der Waals surface area contributed by atoms with Crippen LogP contribution >= 0.6 is 0 Å². The summed E-state index contributed by atoms with van der Waals surface area (Å²) in [6, 6.07) is 9.66. The number of benzene rings is 1. The average Bonchev–Trinajstić information content (AvgIpc) is 2.74. The second-order valence-electron chi connectivity index (χ2n) is 6.52. The molecular formula is C20H27N5O2. The monoisotopic (exact) mass is 369 g/mol. The van der Waals surface area contributed by atoms with E-state index in [0.717, 1.165) is 44.9 Å². The van der Waals surface area contributed by atoms with Crippen LogP contribution in [0, 0.1) is 0 Å². The van der Waals surface area contributed by atoms with Crippen LogP contribution in [0.2, 0.25) is 0 Å². The molecular weight excluding hydrogens is 342 g/mol. The molecule has 0 saturated carbocycles. The number of anilines is 1. The first kappa shape index (κ1) is 19.1. The lowest BCUT2D eigenvalue weighted by Crippen LogP contribution is -2.48. The lowest BCUT2D eigenvalue weighted by Gasteiger charge is -2.33. The molecule has 7 nitrogen and oxygen atoms in total. The normalized spacial score (nSPS) is 14.8. The van der Waals surface area contributed by atoms with E-state index in [4.69, 9.17) is 4.74 Å². The molecule has 1 aromatic carbocycles. The summed E-state index contributed by atoms with van der Waals surface area (Å²) >= 11 is 0. The number of likely N-dealkylation sites (N-methyl/N-ethyl adjacent to an activating group) is 1. The third kappa shape index (κ3) is 5.17. The van der Waals surface area contributed by atoms with Crippen LogP contribution in [0.5, 0.6) is 5.75 Å². The Morgan fingerprint density at radius 3 is 2.56 bits per heavy atom. The summed E-state index contributed by atoms with van der Waals surface area (Å²) in [5.74, 6) is 1.31. The molecule has 1 fully saturated rings. The molecule has 3 rings (SSSR count). The summed E-state index contributed by atoms with van der Waals surface area (Å²) in [6.45, 7) is 7.19. The van der Waals surface area contributed by atoms with Crippen LogP contribution in [0.15, 0.2) is 36.5 Å². The number of aromatic nitrogens is 2. The van der Waals surface area contributed by atoms with E-state index in [1.165, 1.54) is 5.56 Å². The van der Waals surface area contributed by atoms with E-state index in [2.05, 4.69) is 27.1 Å². The number of rotatable bonds is 7. The summed E-state index contributed by atoms with van der Waals surface area (Å²) in [6.07, 6.45) is 2.47. The number of hydrogen-bond donors (Lipinski definition) is 1. The van der Waals surface area contributed by atoms with Gasteiger partial charge in [0.15, 0.2) is 0 Å². The molecule has 1 aliphatic rings. The van der Waals surface area contributed by atoms with Gasteiger partial charge >= 0.3 is 0 Å². The summed E-state index contributed by atoms with van der Waals surface area (Å²) in [5, 5.41) is 3.20. The second-order valence-corrected chi connectivity index (χ2v) is 6.52. The Kier molecular flexibility index (Phi) is 6.59. The Morgan fingerprint density at radius 1 is 1.15 bits per heavy atom. The first-order chi connectivity index (χ1) is 13.2. The van der Waals surface area contributed by atoms with Crippen LogP contribution < -0.4 is 10.1 Å². The van der Waals surface area contributed by atoms with Gasteiger partial charge in [0.25, 0.3) is 5.91 Å². The number of piperazine rings is 1. The van der Waals surface area contributed by atoms with Crippen molar-refractivity contribution in [2.75, 3.05) is 51.7 Å². The minimum Gasteiger partial charge on any atom is -0.497 e. The Balaban J connectivity index is 1.53. The van der Waals surface area contributed by atoms with Crippen molar-refractivity contribution in [2.45, 2.75) is 13.3 Å². The largest absolute Gasteiger partial charge is 0.497 e. The van der Waals surface area contributed by atoms with Gasteiger partial charge < -0.3 is 19.9 Å². The average molecular weight is 369 g/mol. The van der Waals surface area contributed by atoms with Gasteiger partial charge in [-0.15, -0.1) is 0 Å². The molecule has 1 amide bonds. The van der Waals surface area contributed by atoms with Gasteiger partial charge in [0.05, 0.1) is 7.11 Å². The SMILES string of the molecule is CCN1CCN(C(=O)c2ccnc(NCCc3ccc(OC)cc3)n2)CC1. The van der Waals surface area contributed by atoms with E-state index >= 15 is 0 Å². The quantitative estimate of drug-likeness (QED) is 0.804. The Labute approximate surface area is 160 Å². The van der Waals surface area contributed by atoms with Crippen LogP contribution in [0.4, 0.5) is 5.95 Å². The van der Waals surface area contributed by atoms with Gasteiger partial charge in [0.1, 0.15) is 11.4 Å². The van der Waals surface area contributed by atoms with Crippen molar-refractivity contribution in [3.8, 4) is 5.75 Å². The zero-order chi connectivity index (χ0) is 19.1. The van der Waals surface area contributed by atoms with Crippen LogP contribution in [0.1, 0.15) is 23.0 Å². The van der Waals surface area contributed by atoms with Crippen molar-refractivity contribution < 1.29 is 9.53 Å². The minimum atomic E-state index is -0.0219. The zero-order valence-electron chi connectivity index (χ0n) is 16.0. The first-order valence-electron chi connectivity index (χ1n) is 9.41. The Morgan fingerprint density at radius 2 is 1.89 bits per heavy atom. The molecule has 144 valence electrons. The smallest absolute Gasteiger partial charge is 0.272 e. The number of hydrogen-bond acceptors (Lipinski definition) is 6. The predicted octanol–water partition coefficient (Wildman–Crippen LogP) is 1.92. The molecule has 0 aliphatic carbocycles. The molecule has 7 heteroatoms. The molecule has 1 aromatic heterocycles. The maximum absolute atomic E-state index is 12.7. The highest BCUT2D eigenvalue weighted by atomic mass is 16.5. The predicted molar refractivity (Wildman–Crippen MR) is 105 cm³/mol. The van der Waals surface area contributed by atoms with E-state index in [1.54, 1.807) is 19.4 Å². The number of nitrogens with one attached hydrogen (secondary N) is 1. The van der Waals surface area contributed by atoms with Crippen molar-refractivity contribution in [3.05, 3.63) is 47.8 Å². The molecule has 2 heterocycles. The number of ether oxygens (including phenoxy) is 1. The summed E-state index contributed by atoms with van der Waals surface area (Å²) in [4.78, 5) is 25.5. The third-order valence-corrected chi connectivity index (χ3v) is 4.84. The molecule has 0 spiro atoms. The van der Waals surface area contributed by atoms with E-state index < -0.39 is 0 Å². The van der Waals surface area contributed by atoms with Crippen LogP contribution in [-0.4, -0.2) is 72.1 Å². The summed E-state index contributed by atoms with van der Waals surface area (Å²) in [7, 11) is 1.66. The topological polar surface area (TPSA) is 70.6 Å². The third-order valence-electron chi connectivity index (χ3n) is 4.84. The number of nitrogens with zero attached hydrogens (tertiary/aromatic N) is 4. The molecule has 1 aliphatic heterocycles. The van der Waals surface area contributed by atoms with Crippen molar-refractivity contribution in [2.24, 2.45) is 0 Å². The van der Waals surface area contributed by atoms with E-state index in [9.17, 15) is 4.79 Å². The van der Waals surface area contributed by atoms with Gasteiger partial charge in [0, 0.05) is 38.9 Å². The highest BCUT2D eigenvalue weighted by Gasteiger charge is 2.22. The van der Waals surface area contributed by atoms with E-state index in [1.807, 2.05) is 29.2 Å². The van der Waals surface area contributed by atoms with Crippen LogP contribution in [0.3, 0.4) is 0 Å². The van der Waals surface area contributed by atoms with Crippen molar-refractivity contribution in [1.82, 2.24) is 19.8 Å². The molecule has 0 unspecified atom stereocenters. The number of methoxy groups -OCH3 is 1. The molecule has 27 heavy (non-hydrogen) atoms. The van der Waals surface area contributed by atoms with Gasteiger partial charge in [0.2, 0.25) is 5.95 Å². The maximum Gasteiger partial charge on any atom is 0.272 e.